The highest BCUT2D eigenvalue weighted by Crippen LogP contribution is 2.06. The average molecular weight is 192 g/mol. The molecule has 2 rings (SSSR count). The van der Waals surface area contributed by atoms with Crippen molar-refractivity contribution < 1.29 is 4.42 Å². The number of nitrogens with zero attached hydrogens (tertiary/aromatic N) is 2. The quantitative estimate of drug-likeness (QED) is 0.765. The van der Waals surface area contributed by atoms with Gasteiger partial charge in [-0.2, -0.15) is 0 Å². The van der Waals surface area contributed by atoms with E-state index in [1.54, 1.807) is 12.4 Å². The predicted octanol–water partition coefficient (Wildman–Crippen LogP) is 1.25. The second kappa shape index (κ2) is 4.06. The number of oxazole rings is 1. The van der Waals surface area contributed by atoms with Crippen molar-refractivity contribution >= 4 is 0 Å². The molecule has 0 bridgehead atoms. The number of aromatic nitrogens is 3. The maximum absolute atomic E-state index is 5.10. The van der Waals surface area contributed by atoms with Crippen molar-refractivity contribution in [2.45, 2.75) is 19.5 Å². The second-order valence-corrected chi connectivity index (χ2v) is 3.04. The molecular formula is C9H12N4O. The van der Waals surface area contributed by atoms with Crippen LogP contribution in [0.5, 0.6) is 0 Å². The van der Waals surface area contributed by atoms with Crippen LogP contribution in [0.25, 0.3) is 0 Å². The molecule has 1 unspecified atom stereocenters. The molecule has 0 radical (unpaired) electrons. The van der Waals surface area contributed by atoms with Gasteiger partial charge in [0.05, 0.1) is 18.8 Å². The van der Waals surface area contributed by atoms with Crippen LogP contribution in [0.1, 0.15) is 24.6 Å². The van der Waals surface area contributed by atoms with Crippen molar-refractivity contribution in [1.29, 1.82) is 0 Å². The van der Waals surface area contributed by atoms with Crippen molar-refractivity contribution in [3.05, 3.63) is 36.6 Å². The van der Waals surface area contributed by atoms with Gasteiger partial charge >= 0.3 is 0 Å². The predicted molar refractivity (Wildman–Crippen MR) is 50.3 cm³/mol. The standard InChI is InChI=1S/C9H12N4O/c1-7(9-11-2-3-12-9)13-5-8-4-10-6-14-8/h2-4,6-7,13H,5H2,1H3,(H,11,12). The summed E-state index contributed by atoms with van der Waals surface area (Å²) in [5.74, 6) is 1.74. The van der Waals surface area contributed by atoms with Gasteiger partial charge in [0.25, 0.3) is 0 Å². The zero-order valence-corrected chi connectivity index (χ0v) is 7.90. The molecule has 14 heavy (non-hydrogen) atoms. The number of imidazole rings is 1. The SMILES string of the molecule is CC(NCc1cnco1)c1ncc[nH]1. The molecule has 0 saturated carbocycles. The van der Waals surface area contributed by atoms with Gasteiger partial charge in [-0.05, 0) is 6.92 Å². The molecule has 0 aliphatic rings. The molecule has 2 aromatic rings. The fourth-order valence-electron chi connectivity index (χ4n) is 1.19. The van der Waals surface area contributed by atoms with E-state index in [2.05, 4.69) is 20.3 Å². The molecule has 5 nitrogen and oxygen atoms in total. The van der Waals surface area contributed by atoms with E-state index in [0.717, 1.165) is 11.6 Å². The second-order valence-electron chi connectivity index (χ2n) is 3.04. The van der Waals surface area contributed by atoms with Crippen LogP contribution in [0.4, 0.5) is 0 Å². The van der Waals surface area contributed by atoms with Crippen LogP contribution >= 0.6 is 0 Å². The molecule has 0 aliphatic carbocycles. The number of H-pyrrole nitrogens is 1. The number of aromatic amines is 1. The lowest BCUT2D eigenvalue weighted by molar-refractivity contribution is 0.452. The molecule has 5 heteroatoms. The molecule has 0 saturated heterocycles. The van der Waals surface area contributed by atoms with Crippen molar-refractivity contribution in [3.63, 3.8) is 0 Å². The van der Waals surface area contributed by atoms with Crippen LogP contribution in [0.15, 0.2) is 29.4 Å². The topological polar surface area (TPSA) is 66.7 Å². The molecule has 1 atom stereocenters. The molecule has 0 aromatic carbocycles. The number of rotatable bonds is 4. The minimum atomic E-state index is 0.176. The Bertz CT molecular complexity index is 354. The summed E-state index contributed by atoms with van der Waals surface area (Å²) >= 11 is 0. The summed E-state index contributed by atoms with van der Waals surface area (Å²) in [6.07, 6.45) is 6.67. The molecule has 0 amide bonds. The third-order valence-electron chi connectivity index (χ3n) is 2.00. The maximum atomic E-state index is 5.10. The van der Waals surface area contributed by atoms with Gasteiger partial charge in [-0.3, -0.25) is 0 Å². The van der Waals surface area contributed by atoms with Crippen molar-refractivity contribution in [1.82, 2.24) is 20.3 Å². The van der Waals surface area contributed by atoms with Gasteiger partial charge in [-0.15, -0.1) is 0 Å². The van der Waals surface area contributed by atoms with Crippen LogP contribution in [0, 0.1) is 0 Å². The minimum absolute atomic E-state index is 0.176. The van der Waals surface area contributed by atoms with Crippen molar-refractivity contribution in [2.24, 2.45) is 0 Å². The number of hydrogen-bond acceptors (Lipinski definition) is 4. The summed E-state index contributed by atoms with van der Waals surface area (Å²) in [5.41, 5.74) is 0. The van der Waals surface area contributed by atoms with E-state index < -0.39 is 0 Å². The largest absolute Gasteiger partial charge is 0.447 e. The Morgan fingerprint density at radius 3 is 3.21 bits per heavy atom. The zero-order chi connectivity index (χ0) is 9.80. The molecule has 0 spiro atoms. The maximum Gasteiger partial charge on any atom is 0.180 e. The van der Waals surface area contributed by atoms with E-state index in [1.807, 2.05) is 13.1 Å². The molecule has 2 N–H and O–H groups in total. The van der Waals surface area contributed by atoms with E-state index in [0.29, 0.717) is 6.54 Å². The number of nitrogens with one attached hydrogen (secondary N) is 2. The first kappa shape index (κ1) is 8.96. The zero-order valence-electron chi connectivity index (χ0n) is 7.90. The van der Waals surface area contributed by atoms with Gasteiger partial charge in [-0.1, -0.05) is 0 Å². The van der Waals surface area contributed by atoms with Crippen LogP contribution in [-0.2, 0) is 6.54 Å². The van der Waals surface area contributed by atoms with E-state index in [4.69, 9.17) is 4.42 Å². The summed E-state index contributed by atoms with van der Waals surface area (Å²) in [5, 5.41) is 3.26. The minimum Gasteiger partial charge on any atom is -0.447 e. The van der Waals surface area contributed by atoms with Gasteiger partial charge in [0.1, 0.15) is 11.6 Å². The summed E-state index contributed by atoms with van der Waals surface area (Å²) in [7, 11) is 0. The van der Waals surface area contributed by atoms with Crippen LogP contribution in [0.3, 0.4) is 0 Å². The third-order valence-corrected chi connectivity index (χ3v) is 2.00. The normalized spacial score (nSPS) is 12.9. The fourth-order valence-corrected chi connectivity index (χ4v) is 1.19. The van der Waals surface area contributed by atoms with Gasteiger partial charge in [0.2, 0.25) is 0 Å². The molecule has 2 heterocycles. The van der Waals surface area contributed by atoms with Crippen LogP contribution in [0.2, 0.25) is 0 Å². The monoisotopic (exact) mass is 192 g/mol. The number of hydrogen-bond donors (Lipinski definition) is 2. The first-order chi connectivity index (χ1) is 6.86. The van der Waals surface area contributed by atoms with Gasteiger partial charge in [0, 0.05) is 12.4 Å². The highest BCUT2D eigenvalue weighted by atomic mass is 16.3. The van der Waals surface area contributed by atoms with E-state index in [9.17, 15) is 0 Å². The average Bonchev–Trinajstić information content (AvgIpc) is 2.87. The molecule has 74 valence electrons. The van der Waals surface area contributed by atoms with Gasteiger partial charge in [0.15, 0.2) is 6.39 Å². The van der Waals surface area contributed by atoms with Gasteiger partial charge < -0.3 is 14.7 Å². The Labute approximate surface area is 81.6 Å². The molecule has 2 aromatic heterocycles. The van der Waals surface area contributed by atoms with E-state index >= 15 is 0 Å². The van der Waals surface area contributed by atoms with Gasteiger partial charge in [-0.25, -0.2) is 9.97 Å². The first-order valence-corrected chi connectivity index (χ1v) is 4.46. The lowest BCUT2D eigenvalue weighted by Crippen LogP contribution is -2.18. The Morgan fingerprint density at radius 2 is 2.57 bits per heavy atom. The lowest BCUT2D eigenvalue weighted by atomic mass is 10.3. The summed E-state index contributed by atoms with van der Waals surface area (Å²) in [6, 6.07) is 0.176. The lowest BCUT2D eigenvalue weighted by Gasteiger charge is -2.08. The summed E-state index contributed by atoms with van der Waals surface area (Å²) in [6.45, 7) is 2.69. The van der Waals surface area contributed by atoms with Crippen molar-refractivity contribution in [3.8, 4) is 0 Å². The molecular weight excluding hydrogens is 180 g/mol. The summed E-state index contributed by atoms with van der Waals surface area (Å²) in [4.78, 5) is 11.0. The van der Waals surface area contributed by atoms with Crippen LogP contribution in [-0.4, -0.2) is 15.0 Å². The smallest absolute Gasteiger partial charge is 0.180 e. The summed E-state index contributed by atoms with van der Waals surface area (Å²) < 4.78 is 5.10. The Morgan fingerprint density at radius 1 is 1.64 bits per heavy atom. The molecule has 0 fully saturated rings. The Kier molecular flexibility index (Phi) is 2.60. The van der Waals surface area contributed by atoms with Crippen molar-refractivity contribution in [2.75, 3.05) is 0 Å². The van der Waals surface area contributed by atoms with Crippen LogP contribution < -0.4 is 5.32 Å². The Hall–Kier alpha value is -1.62. The highest BCUT2D eigenvalue weighted by molar-refractivity contribution is 4.95. The Balaban J connectivity index is 1.87. The first-order valence-electron chi connectivity index (χ1n) is 4.46. The highest BCUT2D eigenvalue weighted by Gasteiger charge is 2.07. The van der Waals surface area contributed by atoms with E-state index in [1.165, 1.54) is 6.39 Å². The van der Waals surface area contributed by atoms with E-state index in [-0.39, 0.29) is 6.04 Å². The third kappa shape index (κ3) is 2.00. The fraction of sp³-hybridized carbons (Fsp3) is 0.333. The molecule has 0 aliphatic heterocycles.